The van der Waals surface area contributed by atoms with Crippen molar-refractivity contribution in [2.45, 2.75) is 26.7 Å². The lowest BCUT2D eigenvalue weighted by atomic mass is 10.1. The van der Waals surface area contributed by atoms with Crippen LogP contribution in [0.25, 0.3) is 5.69 Å². The van der Waals surface area contributed by atoms with Crippen molar-refractivity contribution in [2.24, 2.45) is 5.73 Å². The Morgan fingerprint density at radius 2 is 1.95 bits per heavy atom. The first-order valence-corrected chi connectivity index (χ1v) is 6.63. The maximum absolute atomic E-state index is 5.68. The maximum atomic E-state index is 5.68. The SMILES string of the molecule is CCc1nn(-c2ccc(C)cc2)c(OC)c1CCN. The van der Waals surface area contributed by atoms with Crippen LogP contribution in [0.5, 0.6) is 5.88 Å². The Labute approximate surface area is 114 Å². The molecule has 0 unspecified atom stereocenters. The summed E-state index contributed by atoms with van der Waals surface area (Å²) in [5, 5.41) is 4.65. The molecule has 102 valence electrons. The number of hydrogen-bond donors (Lipinski definition) is 1. The first-order valence-electron chi connectivity index (χ1n) is 6.63. The Kier molecular flexibility index (Phi) is 4.22. The van der Waals surface area contributed by atoms with E-state index in [2.05, 4.69) is 43.2 Å². The largest absolute Gasteiger partial charge is 0.481 e. The smallest absolute Gasteiger partial charge is 0.219 e. The summed E-state index contributed by atoms with van der Waals surface area (Å²) in [6, 6.07) is 8.25. The second-order valence-electron chi connectivity index (χ2n) is 4.57. The van der Waals surface area contributed by atoms with Crippen LogP contribution in [0.15, 0.2) is 24.3 Å². The van der Waals surface area contributed by atoms with Crippen LogP contribution < -0.4 is 10.5 Å². The Morgan fingerprint density at radius 3 is 2.47 bits per heavy atom. The number of aromatic nitrogens is 2. The first-order chi connectivity index (χ1) is 9.21. The van der Waals surface area contributed by atoms with Crippen LogP contribution in [0.1, 0.15) is 23.7 Å². The molecule has 2 N–H and O–H groups in total. The van der Waals surface area contributed by atoms with Crippen molar-refractivity contribution >= 4 is 0 Å². The molecule has 1 aromatic heterocycles. The van der Waals surface area contributed by atoms with Gasteiger partial charge in [-0.25, -0.2) is 4.68 Å². The third kappa shape index (κ3) is 2.63. The Hall–Kier alpha value is -1.81. The lowest BCUT2D eigenvalue weighted by Crippen LogP contribution is -2.05. The second kappa shape index (κ2) is 5.89. The van der Waals surface area contributed by atoms with E-state index in [-0.39, 0.29) is 0 Å². The molecule has 0 spiro atoms. The van der Waals surface area contributed by atoms with E-state index >= 15 is 0 Å². The van der Waals surface area contributed by atoms with Gasteiger partial charge in [-0.1, -0.05) is 24.6 Å². The number of hydrogen-bond acceptors (Lipinski definition) is 3. The molecule has 0 saturated heterocycles. The van der Waals surface area contributed by atoms with E-state index in [0.29, 0.717) is 6.54 Å². The van der Waals surface area contributed by atoms with Gasteiger partial charge in [0.1, 0.15) is 0 Å². The van der Waals surface area contributed by atoms with E-state index in [1.807, 2.05) is 4.68 Å². The molecule has 0 atom stereocenters. The molecule has 0 radical (unpaired) electrons. The first kappa shape index (κ1) is 13.6. The molecule has 2 aromatic rings. The molecular weight excluding hydrogens is 238 g/mol. The molecule has 1 aromatic carbocycles. The van der Waals surface area contributed by atoms with Gasteiger partial charge in [-0.15, -0.1) is 0 Å². The lowest BCUT2D eigenvalue weighted by molar-refractivity contribution is 0.379. The summed E-state index contributed by atoms with van der Waals surface area (Å²) in [7, 11) is 1.68. The minimum atomic E-state index is 0.600. The van der Waals surface area contributed by atoms with Gasteiger partial charge in [0.15, 0.2) is 0 Å². The molecule has 0 aliphatic rings. The summed E-state index contributed by atoms with van der Waals surface area (Å²) >= 11 is 0. The van der Waals surface area contributed by atoms with Crippen LogP contribution in [0, 0.1) is 6.92 Å². The molecular formula is C15H21N3O. The van der Waals surface area contributed by atoms with E-state index in [1.54, 1.807) is 7.11 Å². The molecule has 0 aliphatic heterocycles. The van der Waals surface area contributed by atoms with Gasteiger partial charge >= 0.3 is 0 Å². The van der Waals surface area contributed by atoms with Crippen molar-refractivity contribution < 1.29 is 4.74 Å². The highest BCUT2D eigenvalue weighted by atomic mass is 16.5. The van der Waals surface area contributed by atoms with Crippen LogP contribution in [-0.2, 0) is 12.8 Å². The van der Waals surface area contributed by atoms with Gasteiger partial charge in [0.25, 0.3) is 0 Å². The van der Waals surface area contributed by atoms with Crippen molar-refractivity contribution in [3.8, 4) is 11.6 Å². The summed E-state index contributed by atoms with van der Waals surface area (Å²) in [6.07, 6.45) is 1.67. The average molecular weight is 259 g/mol. The van der Waals surface area contributed by atoms with Crippen LogP contribution in [0.4, 0.5) is 0 Å². The Balaban J connectivity index is 2.53. The number of nitrogens with zero attached hydrogens (tertiary/aromatic N) is 2. The molecule has 0 aliphatic carbocycles. The summed E-state index contributed by atoms with van der Waals surface area (Å²) < 4.78 is 7.41. The highest BCUT2D eigenvalue weighted by molar-refractivity contribution is 5.42. The number of methoxy groups -OCH3 is 1. The quantitative estimate of drug-likeness (QED) is 0.896. The predicted octanol–water partition coefficient (Wildman–Crippen LogP) is 2.25. The predicted molar refractivity (Wildman–Crippen MR) is 77.0 cm³/mol. The standard InChI is InChI=1S/C15H21N3O/c1-4-14-13(9-10-16)15(19-3)18(17-14)12-7-5-11(2)6-8-12/h5-8H,4,9-10,16H2,1-3H3. The maximum Gasteiger partial charge on any atom is 0.219 e. The molecule has 0 fully saturated rings. The van der Waals surface area contributed by atoms with E-state index in [9.17, 15) is 0 Å². The van der Waals surface area contributed by atoms with Gasteiger partial charge in [-0.05, 0) is 38.4 Å². The number of aryl methyl sites for hydroxylation is 2. The second-order valence-corrected chi connectivity index (χ2v) is 4.57. The Morgan fingerprint density at radius 1 is 1.26 bits per heavy atom. The van der Waals surface area contributed by atoms with Crippen molar-refractivity contribution in [2.75, 3.05) is 13.7 Å². The fourth-order valence-corrected chi connectivity index (χ4v) is 2.23. The highest BCUT2D eigenvalue weighted by Crippen LogP contribution is 2.26. The van der Waals surface area contributed by atoms with Crippen molar-refractivity contribution in [3.63, 3.8) is 0 Å². The minimum Gasteiger partial charge on any atom is -0.481 e. The fourth-order valence-electron chi connectivity index (χ4n) is 2.23. The molecule has 0 bridgehead atoms. The number of ether oxygens (including phenoxy) is 1. The third-order valence-corrected chi connectivity index (χ3v) is 3.22. The highest BCUT2D eigenvalue weighted by Gasteiger charge is 2.17. The van der Waals surface area contributed by atoms with Gasteiger partial charge in [0.2, 0.25) is 5.88 Å². The fraction of sp³-hybridized carbons (Fsp3) is 0.400. The van der Waals surface area contributed by atoms with E-state index < -0.39 is 0 Å². The van der Waals surface area contributed by atoms with Gasteiger partial charge in [0, 0.05) is 5.56 Å². The molecule has 2 rings (SSSR count). The van der Waals surface area contributed by atoms with Gasteiger partial charge < -0.3 is 10.5 Å². The zero-order valence-electron chi connectivity index (χ0n) is 11.8. The average Bonchev–Trinajstić information content (AvgIpc) is 2.78. The van der Waals surface area contributed by atoms with Crippen molar-refractivity contribution in [3.05, 3.63) is 41.1 Å². The molecule has 0 amide bonds. The summed E-state index contributed by atoms with van der Waals surface area (Å²) in [5.41, 5.74) is 10.1. The molecule has 4 nitrogen and oxygen atoms in total. The van der Waals surface area contributed by atoms with E-state index in [1.165, 1.54) is 5.56 Å². The summed E-state index contributed by atoms with van der Waals surface area (Å²) in [4.78, 5) is 0. The summed E-state index contributed by atoms with van der Waals surface area (Å²) in [6.45, 7) is 4.77. The molecule has 4 heteroatoms. The lowest BCUT2D eigenvalue weighted by Gasteiger charge is -2.08. The zero-order valence-corrected chi connectivity index (χ0v) is 11.8. The van der Waals surface area contributed by atoms with Crippen LogP contribution in [-0.4, -0.2) is 23.4 Å². The van der Waals surface area contributed by atoms with Crippen LogP contribution in [0.3, 0.4) is 0 Å². The van der Waals surface area contributed by atoms with Gasteiger partial charge in [-0.2, -0.15) is 5.10 Å². The van der Waals surface area contributed by atoms with Crippen LogP contribution >= 0.6 is 0 Å². The van der Waals surface area contributed by atoms with Gasteiger partial charge in [-0.3, -0.25) is 0 Å². The topological polar surface area (TPSA) is 53.1 Å². The number of rotatable bonds is 5. The van der Waals surface area contributed by atoms with Crippen molar-refractivity contribution in [1.29, 1.82) is 0 Å². The van der Waals surface area contributed by atoms with Crippen molar-refractivity contribution in [1.82, 2.24) is 9.78 Å². The normalized spacial score (nSPS) is 10.7. The monoisotopic (exact) mass is 259 g/mol. The molecule has 0 saturated carbocycles. The molecule has 19 heavy (non-hydrogen) atoms. The Bertz CT molecular complexity index is 543. The van der Waals surface area contributed by atoms with Crippen LogP contribution in [0.2, 0.25) is 0 Å². The number of nitrogens with two attached hydrogens (primary N) is 1. The third-order valence-electron chi connectivity index (χ3n) is 3.22. The minimum absolute atomic E-state index is 0.600. The zero-order chi connectivity index (χ0) is 13.8. The summed E-state index contributed by atoms with van der Waals surface area (Å²) in [5.74, 6) is 0.797. The van der Waals surface area contributed by atoms with E-state index in [4.69, 9.17) is 10.5 Å². The van der Waals surface area contributed by atoms with E-state index in [0.717, 1.165) is 35.7 Å². The number of benzene rings is 1. The van der Waals surface area contributed by atoms with Gasteiger partial charge in [0.05, 0.1) is 18.5 Å². The molecule has 1 heterocycles.